The molecular weight excluding hydrogens is 398 g/mol. The summed E-state index contributed by atoms with van der Waals surface area (Å²) < 4.78 is 10.5. The van der Waals surface area contributed by atoms with E-state index < -0.39 is 4.92 Å². The quantitative estimate of drug-likeness (QED) is 0.527. The largest absolute Gasteiger partial charge is 0.490 e. The van der Waals surface area contributed by atoms with E-state index in [4.69, 9.17) is 21.1 Å². The normalized spacial score (nSPS) is 13.9. The summed E-state index contributed by atoms with van der Waals surface area (Å²) in [5, 5.41) is 11.6. The zero-order valence-corrected chi connectivity index (χ0v) is 17.0. The first-order valence-electron chi connectivity index (χ1n) is 9.13. The fourth-order valence-corrected chi connectivity index (χ4v) is 3.42. The first-order chi connectivity index (χ1) is 13.9. The minimum absolute atomic E-state index is 0.0884. The smallest absolute Gasteiger partial charge is 0.311 e. The van der Waals surface area contributed by atoms with E-state index in [0.29, 0.717) is 37.0 Å². The summed E-state index contributed by atoms with van der Waals surface area (Å²) in [4.78, 5) is 26.9. The number of benzene rings is 2. The Hall–Kier alpha value is -3.00. The molecule has 0 atom stereocenters. The fourth-order valence-electron chi connectivity index (χ4n) is 3.25. The number of hydrogen-bond acceptors (Lipinski definition) is 6. The Morgan fingerprint density at radius 1 is 1.17 bits per heavy atom. The van der Waals surface area contributed by atoms with Crippen molar-refractivity contribution in [2.75, 3.05) is 44.8 Å². The Morgan fingerprint density at radius 3 is 2.55 bits per heavy atom. The Morgan fingerprint density at radius 2 is 1.90 bits per heavy atom. The molecule has 1 fully saturated rings. The molecule has 2 aromatic rings. The van der Waals surface area contributed by atoms with Gasteiger partial charge in [0.05, 0.1) is 12.0 Å². The molecule has 0 aromatic heterocycles. The van der Waals surface area contributed by atoms with Crippen molar-refractivity contribution in [2.45, 2.75) is 6.92 Å². The lowest BCUT2D eigenvalue weighted by Crippen LogP contribution is -2.50. The number of halogens is 1. The van der Waals surface area contributed by atoms with Gasteiger partial charge >= 0.3 is 5.69 Å². The van der Waals surface area contributed by atoms with Crippen LogP contribution in [-0.2, 0) is 4.79 Å². The van der Waals surface area contributed by atoms with Crippen molar-refractivity contribution in [1.29, 1.82) is 0 Å². The molecule has 1 aliphatic heterocycles. The monoisotopic (exact) mass is 419 g/mol. The van der Waals surface area contributed by atoms with Gasteiger partial charge in [-0.1, -0.05) is 17.7 Å². The van der Waals surface area contributed by atoms with Crippen LogP contribution in [0.4, 0.5) is 11.4 Å². The average molecular weight is 420 g/mol. The number of carbonyl (C=O) groups is 1. The summed E-state index contributed by atoms with van der Waals surface area (Å²) in [5.74, 6) is 0.296. The number of amides is 1. The van der Waals surface area contributed by atoms with Crippen LogP contribution in [-0.4, -0.2) is 55.6 Å². The second kappa shape index (κ2) is 9.00. The number of anilines is 1. The molecule has 2 aromatic carbocycles. The molecule has 154 valence electrons. The van der Waals surface area contributed by atoms with Gasteiger partial charge in [0, 0.05) is 49.0 Å². The van der Waals surface area contributed by atoms with E-state index in [1.807, 2.05) is 25.1 Å². The van der Waals surface area contributed by atoms with Gasteiger partial charge in [0.25, 0.3) is 5.91 Å². The molecule has 0 aliphatic carbocycles. The van der Waals surface area contributed by atoms with Crippen LogP contribution in [0.1, 0.15) is 5.56 Å². The lowest BCUT2D eigenvalue weighted by Gasteiger charge is -2.36. The van der Waals surface area contributed by atoms with Crippen molar-refractivity contribution in [2.24, 2.45) is 0 Å². The molecule has 0 N–H and O–H groups in total. The van der Waals surface area contributed by atoms with E-state index in [9.17, 15) is 14.9 Å². The van der Waals surface area contributed by atoms with Crippen LogP contribution in [0.15, 0.2) is 36.4 Å². The third-order valence-corrected chi connectivity index (χ3v) is 5.09. The number of piperazine rings is 1. The Balaban J connectivity index is 1.55. The van der Waals surface area contributed by atoms with E-state index in [2.05, 4.69) is 4.90 Å². The molecule has 0 unspecified atom stereocenters. The van der Waals surface area contributed by atoms with Gasteiger partial charge in [-0.25, -0.2) is 0 Å². The summed E-state index contributed by atoms with van der Waals surface area (Å²) in [6.07, 6.45) is 0. The van der Waals surface area contributed by atoms with Gasteiger partial charge in [0.2, 0.25) is 5.75 Å². The van der Waals surface area contributed by atoms with E-state index in [0.717, 1.165) is 11.3 Å². The standard InChI is InChI=1S/C20H22ClN3O5/c1-14-3-4-15(21)11-18(14)22-7-9-23(10-8-22)20(25)13-29-16-5-6-17(24(26)27)19(12-16)28-2/h3-6,11-12H,7-10,13H2,1-2H3. The maximum Gasteiger partial charge on any atom is 0.311 e. The highest BCUT2D eigenvalue weighted by atomic mass is 35.5. The summed E-state index contributed by atoms with van der Waals surface area (Å²) in [6.45, 7) is 4.47. The van der Waals surface area contributed by atoms with E-state index in [1.165, 1.54) is 25.3 Å². The zero-order chi connectivity index (χ0) is 21.0. The number of nitro groups is 1. The molecule has 3 rings (SSSR count). The van der Waals surface area contributed by atoms with Gasteiger partial charge in [-0.2, -0.15) is 0 Å². The first kappa shape index (κ1) is 20.7. The third-order valence-electron chi connectivity index (χ3n) is 4.85. The van der Waals surface area contributed by atoms with Gasteiger partial charge in [-0.05, 0) is 30.7 Å². The van der Waals surface area contributed by atoms with Crippen molar-refractivity contribution >= 4 is 28.9 Å². The van der Waals surface area contributed by atoms with Crippen LogP contribution >= 0.6 is 11.6 Å². The van der Waals surface area contributed by atoms with Gasteiger partial charge in [-0.15, -0.1) is 0 Å². The maximum absolute atomic E-state index is 12.5. The van der Waals surface area contributed by atoms with Crippen LogP contribution in [0, 0.1) is 17.0 Å². The minimum Gasteiger partial charge on any atom is -0.490 e. The van der Waals surface area contributed by atoms with Gasteiger partial charge < -0.3 is 19.3 Å². The summed E-state index contributed by atoms with van der Waals surface area (Å²) in [5.41, 5.74) is 2.07. The second-order valence-electron chi connectivity index (χ2n) is 6.68. The first-order valence-corrected chi connectivity index (χ1v) is 9.51. The van der Waals surface area contributed by atoms with Gasteiger partial charge in [0.1, 0.15) is 5.75 Å². The fraction of sp³-hybridized carbons (Fsp3) is 0.350. The van der Waals surface area contributed by atoms with Crippen LogP contribution in [0.25, 0.3) is 0 Å². The predicted molar refractivity (Wildman–Crippen MR) is 110 cm³/mol. The number of methoxy groups -OCH3 is 1. The lowest BCUT2D eigenvalue weighted by molar-refractivity contribution is -0.385. The van der Waals surface area contributed by atoms with Crippen molar-refractivity contribution in [1.82, 2.24) is 4.90 Å². The molecule has 1 heterocycles. The highest BCUT2D eigenvalue weighted by Gasteiger charge is 2.23. The molecule has 8 nitrogen and oxygen atoms in total. The average Bonchev–Trinajstić information content (AvgIpc) is 2.73. The van der Waals surface area contributed by atoms with E-state index in [1.54, 1.807) is 4.90 Å². The van der Waals surface area contributed by atoms with Crippen molar-refractivity contribution < 1.29 is 19.2 Å². The maximum atomic E-state index is 12.5. The van der Waals surface area contributed by atoms with Crippen LogP contribution in [0.3, 0.4) is 0 Å². The van der Waals surface area contributed by atoms with Crippen LogP contribution in [0.5, 0.6) is 11.5 Å². The molecule has 0 radical (unpaired) electrons. The number of carbonyl (C=O) groups excluding carboxylic acids is 1. The second-order valence-corrected chi connectivity index (χ2v) is 7.11. The number of rotatable bonds is 6. The number of ether oxygens (including phenoxy) is 2. The van der Waals surface area contributed by atoms with Crippen molar-refractivity contribution in [3.8, 4) is 11.5 Å². The van der Waals surface area contributed by atoms with Crippen LogP contribution < -0.4 is 14.4 Å². The van der Waals surface area contributed by atoms with E-state index >= 15 is 0 Å². The third kappa shape index (κ3) is 4.89. The molecule has 0 saturated carbocycles. The Kier molecular flexibility index (Phi) is 6.43. The molecular formula is C20H22ClN3O5. The van der Waals surface area contributed by atoms with Crippen molar-refractivity contribution in [3.05, 3.63) is 57.1 Å². The molecule has 9 heteroatoms. The van der Waals surface area contributed by atoms with Crippen LogP contribution in [0.2, 0.25) is 5.02 Å². The van der Waals surface area contributed by atoms with Gasteiger partial charge in [-0.3, -0.25) is 14.9 Å². The summed E-state index contributed by atoms with van der Waals surface area (Å²) in [6, 6.07) is 9.95. The SMILES string of the molecule is COc1cc(OCC(=O)N2CCN(c3cc(Cl)ccc3C)CC2)ccc1[N+](=O)[O-]. The zero-order valence-electron chi connectivity index (χ0n) is 16.3. The molecule has 0 bridgehead atoms. The number of hydrogen-bond donors (Lipinski definition) is 0. The highest BCUT2D eigenvalue weighted by Crippen LogP contribution is 2.31. The molecule has 0 spiro atoms. The van der Waals surface area contributed by atoms with E-state index in [-0.39, 0.29) is 24.0 Å². The number of nitrogens with zero attached hydrogens (tertiary/aromatic N) is 3. The predicted octanol–water partition coefficient (Wildman–Crippen LogP) is 3.29. The molecule has 1 aliphatic rings. The Bertz CT molecular complexity index is 913. The van der Waals surface area contributed by atoms with Crippen molar-refractivity contribution in [3.63, 3.8) is 0 Å². The van der Waals surface area contributed by atoms with Gasteiger partial charge in [0.15, 0.2) is 6.61 Å². The summed E-state index contributed by atoms with van der Waals surface area (Å²) >= 11 is 6.11. The Labute approximate surface area is 173 Å². The summed E-state index contributed by atoms with van der Waals surface area (Å²) in [7, 11) is 1.35. The molecule has 1 amide bonds. The molecule has 29 heavy (non-hydrogen) atoms. The number of nitro benzene ring substituents is 1. The topological polar surface area (TPSA) is 85.2 Å². The highest BCUT2D eigenvalue weighted by molar-refractivity contribution is 6.30. The lowest BCUT2D eigenvalue weighted by atomic mass is 10.1. The minimum atomic E-state index is -0.533. The molecule has 1 saturated heterocycles. The number of aryl methyl sites for hydroxylation is 1.